The fraction of sp³-hybridized carbons (Fsp3) is 0.294. The molecule has 0 unspecified atom stereocenters. The van der Waals surface area contributed by atoms with E-state index < -0.39 is 0 Å². The lowest BCUT2D eigenvalue weighted by atomic mass is 10.1. The number of amides is 2. The van der Waals surface area contributed by atoms with Crippen LogP contribution in [-0.4, -0.2) is 29.8 Å². The summed E-state index contributed by atoms with van der Waals surface area (Å²) in [7, 11) is 0. The van der Waals surface area contributed by atoms with Crippen LogP contribution < -0.4 is 11.1 Å². The Hall–Kier alpha value is -2.31. The Bertz CT molecular complexity index is 766. The third kappa shape index (κ3) is 3.44. The van der Waals surface area contributed by atoms with Crippen molar-refractivity contribution in [2.75, 3.05) is 18.4 Å². The fourth-order valence-corrected chi connectivity index (χ4v) is 2.87. The molecular formula is C17H18ClN3O3. The van der Waals surface area contributed by atoms with Gasteiger partial charge >= 0.3 is 0 Å². The standard InChI is InChI=1S/C17H18ClN3O3/c18-12-3-4-15(14(8-12)17(23)21-5-1-2-6-21)20-16(22)11-7-13(9-19)24-10-11/h3-4,7-8,10H,1-2,5-6,9,19H2,(H,20,22). The molecule has 0 atom stereocenters. The van der Waals surface area contributed by atoms with Crippen LogP contribution in [0.1, 0.15) is 39.3 Å². The molecule has 6 nitrogen and oxygen atoms in total. The summed E-state index contributed by atoms with van der Waals surface area (Å²) in [6.07, 6.45) is 3.32. The van der Waals surface area contributed by atoms with E-state index >= 15 is 0 Å². The van der Waals surface area contributed by atoms with Crippen molar-refractivity contribution in [1.29, 1.82) is 0 Å². The van der Waals surface area contributed by atoms with Crippen molar-refractivity contribution >= 4 is 29.1 Å². The van der Waals surface area contributed by atoms with E-state index in [0.29, 0.717) is 27.6 Å². The van der Waals surface area contributed by atoms with Gasteiger partial charge in [-0.2, -0.15) is 0 Å². The first-order valence-corrected chi connectivity index (χ1v) is 8.14. The third-order valence-electron chi connectivity index (χ3n) is 3.97. The van der Waals surface area contributed by atoms with E-state index in [9.17, 15) is 9.59 Å². The second-order valence-corrected chi connectivity index (χ2v) is 6.09. The predicted molar refractivity (Wildman–Crippen MR) is 91.1 cm³/mol. The van der Waals surface area contributed by atoms with Gasteiger partial charge in [-0.1, -0.05) is 11.6 Å². The molecule has 0 radical (unpaired) electrons. The third-order valence-corrected chi connectivity index (χ3v) is 4.21. The van der Waals surface area contributed by atoms with Gasteiger partial charge in [0.1, 0.15) is 12.0 Å². The molecule has 1 aliphatic rings. The Morgan fingerprint density at radius 3 is 2.67 bits per heavy atom. The molecule has 1 aromatic carbocycles. The molecular weight excluding hydrogens is 330 g/mol. The zero-order valence-electron chi connectivity index (χ0n) is 13.0. The molecule has 3 rings (SSSR count). The normalized spacial score (nSPS) is 14.0. The molecule has 0 aliphatic carbocycles. The Kier molecular flexibility index (Phi) is 4.87. The number of anilines is 1. The Balaban J connectivity index is 1.84. The highest BCUT2D eigenvalue weighted by Crippen LogP contribution is 2.24. The van der Waals surface area contributed by atoms with Gasteiger partial charge in [-0.3, -0.25) is 9.59 Å². The maximum atomic E-state index is 12.7. The summed E-state index contributed by atoms with van der Waals surface area (Å²) in [5.41, 5.74) is 6.64. The molecule has 2 amide bonds. The zero-order chi connectivity index (χ0) is 17.1. The summed E-state index contributed by atoms with van der Waals surface area (Å²) in [5, 5.41) is 3.20. The van der Waals surface area contributed by atoms with Crippen molar-refractivity contribution in [1.82, 2.24) is 4.90 Å². The van der Waals surface area contributed by atoms with Crippen LogP contribution in [0.3, 0.4) is 0 Å². The summed E-state index contributed by atoms with van der Waals surface area (Å²) in [6, 6.07) is 6.43. The van der Waals surface area contributed by atoms with E-state index in [2.05, 4.69) is 5.32 Å². The molecule has 1 saturated heterocycles. The molecule has 2 aromatic rings. The maximum absolute atomic E-state index is 12.7. The minimum Gasteiger partial charge on any atom is -0.467 e. The molecule has 3 N–H and O–H groups in total. The number of nitrogens with zero attached hydrogens (tertiary/aromatic N) is 1. The number of benzene rings is 1. The van der Waals surface area contributed by atoms with Crippen LogP contribution in [-0.2, 0) is 6.54 Å². The fourth-order valence-electron chi connectivity index (χ4n) is 2.69. The van der Waals surface area contributed by atoms with Crippen molar-refractivity contribution in [2.24, 2.45) is 5.73 Å². The average Bonchev–Trinajstić information content (AvgIpc) is 3.27. The SMILES string of the molecule is NCc1cc(C(=O)Nc2ccc(Cl)cc2C(=O)N2CCCC2)co1. The number of nitrogens with two attached hydrogens (primary N) is 1. The van der Waals surface area contributed by atoms with E-state index in [1.807, 2.05) is 0 Å². The summed E-state index contributed by atoms with van der Waals surface area (Å²) < 4.78 is 5.17. The molecule has 0 bridgehead atoms. The van der Waals surface area contributed by atoms with E-state index in [1.165, 1.54) is 6.26 Å². The van der Waals surface area contributed by atoms with Crippen LogP contribution in [0.15, 0.2) is 34.9 Å². The molecule has 0 spiro atoms. The monoisotopic (exact) mass is 347 g/mol. The van der Waals surface area contributed by atoms with Crippen LogP contribution >= 0.6 is 11.6 Å². The van der Waals surface area contributed by atoms with Crippen LogP contribution in [0.5, 0.6) is 0 Å². The van der Waals surface area contributed by atoms with Gasteiger partial charge in [0, 0.05) is 18.1 Å². The molecule has 1 aliphatic heterocycles. The smallest absolute Gasteiger partial charge is 0.258 e. The zero-order valence-corrected chi connectivity index (χ0v) is 13.8. The molecule has 2 heterocycles. The van der Waals surface area contributed by atoms with Crippen molar-refractivity contribution in [3.8, 4) is 0 Å². The number of rotatable bonds is 4. The molecule has 1 aromatic heterocycles. The summed E-state index contributed by atoms with van der Waals surface area (Å²) in [6.45, 7) is 1.66. The van der Waals surface area contributed by atoms with Crippen molar-refractivity contribution in [2.45, 2.75) is 19.4 Å². The second-order valence-electron chi connectivity index (χ2n) is 5.65. The van der Waals surface area contributed by atoms with Crippen molar-refractivity contribution < 1.29 is 14.0 Å². The van der Waals surface area contributed by atoms with E-state index in [-0.39, 0.29) is 18.4 Å². The van der Waals surface area contributed by atoms with Crippen molar-refractivity contribution in [3.05, 3.63) is 52.4 Å². The van der Waals surface area contributed by atoms with Crippen LogP contribution in [0.4, 0.5) is 5.69 Å². The average molecular weight is 348 g/mol. The van der Waals surface area contributed by atoms with Gasteiger partial charge in [0.15, 0.2) is 0 Å². The van der Waals surface area contributed by atoms with E-state index in [1.54, 1.807) is 29.2 Å². The Morgan fingerprint density at radius 1 is 1.25 bits per heavy atom. The topological polar surface area (TPSA) is 88.6 Å². The number of furan rings is 1. The summed E-state index contributed by atoms with van der Waals surface area (Å²) in [4.78, 5) is 26.8. The molecule has 7 heteroatoms. The highest BCUT2D eigenvalue weighted by molar-refractivity contribution is 6.31. The minimum atomic E-state index is -0.365. The van der Waals surface area contributed by atoms with E-state index in [0.717, 1.165) is 25.9 Å². The highest BCUT2D eigenvalue weighted by atomic mass is 35.5. The first kappa shape index (κ1) is 16.5. The van der Waals surface area contributed by atoms with Gasteiger partial charge in [-0.25, -0.2) is 0 Å². The Morgan fingerprint density at radius 2 is 2.00 bits per heavy atom. The lowest BCUT2D eigenvalue weighted by Crippen LogP contribution is -2.28. The molecule has 1 fully saturated rings. The van der Waals surface area contributed by atoms with Gasteiger partial charge in [0.05, 0.1) is 23.4 Å². The minimum absolute atomic E-state index is 0.125. The van der Waals surface area contributed by atoms with Gasteiger partial charge in [-0.15, -0.1) is 0 Å². The van der Waals surface area contributed by atoms with Crippen LogP contribution in [0.25, 0.3) is 0 Å². The molecule has 0 saturated carbocycles. The predicted octanol–water partition coefficient (Wildman–Crippen LogP) is 2.88. The molecule has 24 heavy (non-hydrogen) atoms. The first-order chi connectivity index (χ1) is 11.6. The van der Waals surface area contributed by atoms with Crippen molar-refractivity contribution in [3.63, 3.8) is 0 Å². The van der Waals surface area contributed by atoms with Gasteiger partial charge < -0.3 is 20.4 Å². The summed E-state index contributed by atoms with van der Waals surface area (Å²) in [5.74, 6) is 0.0287. The number of nitrogens with one attached hydrogen (secondary N) is 1. The highest BCUT2D eigenvalue weighted by Gasteiger charge is 2.23. The number of carbonyl (C=O) groups is 2. The van der Waals surface area contributed by atoms with Crippen LogP contribution in [0.2, 0.25) is 5.02 Å². The van der Waals surface area contributed by atoms with E-state index in [4.69, 9.17) is 21.8 Å². The number of halogens is 1. The van der Waals surface area contributed by atoms with Gasteiger partial charge in [-0.05, 0) is 37.1 Å². The molecule has 126 valence electrons. The second kappa shape index (κ2) is 7.07. The van der Waals surface area contributed by atoms with Crippen LogP contribution in [0, 0.1) is 0 Å². The lowest BCUT2D eigenvalue weighted by Gasteiger charge is -2.18. The quantitative estimate of drug-likeness (QED) is 0.890. The number of carbonyl (C=O) groups excluding carboxylic acids is 2. The van der Waals surface area contributed by atoms with Gasteiger partial charge in [0.25, 0.3) is 11.8 Å². The number of likely N-dealkylation sites (tertiary alicyclic amines) is 1. The first-order valence-electron chi connectivity index (χ1n) is 7.76. The number of hydrogen-bond acceptors (Lipinski definition) is 4. The van der Waals surface area contributed by atoms with Gasteiger partial charge in [0.2, 0.25) is 0 Å². The summed E-state index contributed by atoms with van der Waals surface area (Å²) >= 11 is 6.03. The largest absolute Gasteiger partial charge is 0.467 e. The Labute approximate surface area is 144 Å². The lowest BCUT2D eigenvalue weighted by molar-refractivity contribution is 0.0794. The number of hydrogen-bond donors (Lipinski definition) is 2. The maximum Gasteiger partial charge on any atom is 0.258 e.